The number of hydrogen-bond donors (Lipinski definition) is 0. The molecule has 0 bridgehead atoms. The first-order valence-electron chi connectivity index (χ1n) is 11.6. The van der Waals surface area contributed by atoms with Crippen molar-refractivity contribution in [1.82, 2.24) is 4.57 Å². The van der Waals surface area contributed by atoms with Gasteiger partial charge in [0.2, 0.25) is 0 Å². The molecule has 1 aromatic heterocycles. The molecule has 4 aromatic carbocycles. The van der Waals surface area contributed by atoms with Crippen molar-refractivity contribution in [3.63, 3.8) is 0 Å². The van der Waals surface area contributed by atoms with Gasteiger partial charge in [0.1, 0.15) is 0 Å². The molecule has 0 aliphatic rings. The molecule has 0 aliphatic carbocycles. The molecule has 0 fully saturated rings. The minimum Gasteiger partial charge on any atom is -0.309 e. The molecule has 1 nitrogen and oxygen atoms in total. The van der Waals surface area contributed by atoms with Gasteiger partial charge in [-0.1, -0.05) is 115 Å². The molecular weight excluding hydrogens is 490 g/mol. The lowest BCUT2D eigenvalue weighted by Gasteiger charge is -2.13. The first kappa shape index (κ1) is 22.9. The SMILES string of the molecule is C=C/C=C(\C=C(/C)Br)c1ccc2c3c(C=C)c(C=C)c4ccccc4c3n(-c3ccccc3)c2c1. The summed E-state index contributed by atoms with van der Waals surface area (Å²) in [6.07, 6.45) is 9.92. The Morgan fingerprint density at radius 2 is 1.49 bits per heavy atom. The van der Waals surface area contributed by atoms with Crippen LogP contribution in [0.5, 0.6) is 0 Å². The molecule has 2 heteroatoms. The summed E-state index contributed by atoms with van der Waals surface area (Å²) in [7, 11) is 0. The summed E-state index contributed by atoms with van der Waals surface area (Å²) in [6, 6.07) is 25.8. The molecule has 0 aliphatic heterocycles. The summed E-state index contributed by atoms with van der Waals surface area (Å²) in [5.41, 5.74) is 7.90. The predicted molar refractivity (Wildman–Crippen MR) is 159 cm³/mol. The maximum absolute atomic E-state index is 4.20. The van der Waals surface area contributed by atoms with Gasteiger partial charge in [-0.3, -0.25) is 0 Å². The van der Waals surface area contributed by atoms with Crippen LogP contribution in [0.4, 0.5) is 0 Å². The fourth-order valence-corrected chi connectivity index (χ4v) is 5.29. The van der Waals surface area contributed by atoms with Crippen molar-refractivity contribution in [3.8, 4) is 5.69 Å². The molecule has 170 valence electrons. The number of para-hydroxylation sites is 1. The average molecular weight is 516 g/mol. The van der Waals surface area contributed by atoms with E-state index in [1.54, 1.807) is 0 Å². The molecule has 1 heterocycles. The summed E-state index contributed by atoms with van der Waals surface area (Å²) in [4.78, 5) is 0. The minimum absolute atomic E-state index is 1.06. The zero-order chi connectivity index (χ0) is 24.5. The molecule has 0 spiro atoms. The largest absolute Gasteiger partial charge is 0.309 e. The first-order valence-corrected chi connectivity index (χ1v) is 12.4. The molecule has 0 amide bonds. The van der Waals surface area contributed by atoms with Crippen LogP contribution in [0.15, 0.2) is 115 Å². The van der Waals surface area contributed by atoms with Crippen LogP contribution in [-0.2, 0) is 0 Å². The van der Waals surface area contributed by atoms with Crippen molar-refractivity contribution >= 4 is 66.2 Å². The smallest absolute Gasteiger partial charge is 0.0625 e. The van der Waals surface area contributed by atoms with Gasteiger partial charge in [-0.05, 0) is 63.3 Å². The Morgan fingerprint density at radius 1 is 0.800 bits per heavy atom. The highest BCUT2D eigenvalue weighted by Crippen LogP contribution is 2.42. The summed E-state index contributed by atoms with van der Waals surface area (Å²) < 4.78 is 3.44. The van der Waals surface area contributed by atoms with Gasteiger partial charge in [0.15, 0.2) is 0 Å². The maximum Gasteiger partial charge on any atom is 0.0625 e. The number of fused-ring (bicyclic) bond motifs is 5. The van der Waals surface area contributed by atoms with E-state index in [2.05, 4.69) is 119 Å². The van der Waals surface area contributed by atoms with E-state index in [-0.39, 0.29) is 0 Å². The van der Waals surface area contributed by atoms with E-state index in [1.807, 2.05) is 31.2 Å². The number of hydrogen-bond acceptors (Lipinski definition) is 0. The van der Waals surface area contributed by atoms with Crippen molar-refractivity contribution in [3.05, 3.63) is 132 Å². The lowest BCUT2D eigenvalue weighted by Crippen LogP contribution is -1.96. The summed E-state index contributed by atoms with van der Waals surface area (Å²) in [5, 5.41) is 4.76. The summed E-state index contributed by atoms with van der Waals surface area (Å²) in [5.74, 6) is 0. The Balaban J connectivity index is 2.05. The van der Waals surface area contributed by atoms with Gasteiger partial charge >= 0.3 is 0 Å². The van der Waals surface area contributed by atoms with Crippen molar-refractivity contribution in [2.24, 2.45) is 0 Å². The summed E-state index contributed by atoms with van der Waals surface area (Å²) in [6.45, 7) is 14.3. The third-order valence-corrected chi connectivity index (χ3v) is 6.64. The Bertz CT molecular complexity index is 1690. The van der Waals surface area contributed by atoms with E-state index in [0.29, 0.717) is 0 Å². The molecule has 0 N–H and O–H groups in total. The molecular formula is C33H26BrN. The van der Waals surface area contributed by atoms with Gasteiger partial charge in [0, 0.05) is 21.8 Å². The average Bonchev–Trinajstić information content (AvgIpc) is 3.22. The zero-order valence-corrected chi connectivity index (χ0v) is 21.3. The normalized spacial score (nSPS) is 12.4. The molecule has 5 aromatic rings. The Kier molecular flexibility index (Phi) is 6.15. The van der Waals surface area contributed by atoms with Crippen molar-refractivity contribution < 1.29 is 0 Å². The predicted octanol–water partition coefficient (Wildman–Crippen LogP) is 10.1. The second-order valence-electron chi connectivity index (χ2n) is 8.50. The van der Waals surface area contributed by atoms with Gasteiger partial charge in [-0.2, -0.15) is 0 Å². The quantitative estimate of drug-likeness (QED) is 0.198. The van der Waals surface area contributed by atoms with Crippen molar-refractivity contribution in [1.29, 1.82) is 0 Å². The monoisotopic (exact) mass is 515 g/mol. The van der Waals surface area contributed by atoms with Crippen molar-refractivity contribution in [2.75, 3.05) is 0 Å². The van der Waals surface area contributed by atoms with E-state index in [0.717, 1.165) is 37.9 Å². The standard InChI is InChI=1S/C33H26BrN/c1-5-13-23(20-22(4)34)24-18-19-30-31(21-24)35(25-14-9-8-10-15-25)33-29-17-12-11-16-28(29)26(6-2)27(7-3)32(30)33/h5-21H,1-3H2,4H3/b22-20+,23-13+. The van der Waals surface area contributed by atoms with E-state index in [1.165, 1.54) is 27.1 Å². The molecule has 0 radical (unpaired) electrons. The van der Waals surface area contributed by atoms with Crippen LogP contribution in [0.1, 0.15) is 23.6 Å². The number of benzene rings is 4. The van der Waals surface area contributed by atoms with Crippen LogP contribution in [0.3, 0.4) is 0 Å². The van der Waals surface area contributed by atoms with Crippen LogP contribution in [-0.4, -0.2) is 4.57 Å². The Hall–Kier alpha value is -3.88. The van der Waals surface area contributed by atoms with Crippen LogP contribution in [0, 0.1) is 0 Å². The molecule has 0 saturated carbocycles. The van der Waals surface area contributed by atoms with E-state index in [9.17, 15) is 0 Å². The lowest BCUT2D eigenvalue weighted by molar-refractivity contribution is 1.18. The van der Waals surface area contributed by atoms with Crippen LogP contribution >= 0.6 is 15.9 Å². The third kappa shape index (κ3) is 3.80. The van der Waals surface area contributed by atoms with Crippen LogP contribution in [0.2, 0.25) is 0 Å². The Morgan fingerprint density at radius 3 is 2.14 bits per heavy atom. The number of aromatic nitrogens is 1. The van der Waals surface area contributed by atoms with Crippen molar-refractivity contribution in [2.45, 2.75) is 6.92 Å². The lowest BCUT2D eigenvalue weighted by atomic mass is 9.93. The number of nitrogens with zero attached hydrogens (tertiary/aromatic N) is 1. The van der Waals surface area contributed by atoms with Gasteiger partial charge in [0.05, 0.1) is 11.0 Å². The molecule has 0 saturated heterocycles. The Labute approximate surface area is 214 Å². The van der Waals surface area contributed by atoms with E-state index >= 15 is 0 Å². The minimum atomic E-state index is 1.06. The maximum atomic E-state index is 4.20. The zero-order valence-electron chi connectivity index (χ0n) is 19.8. The van der Waals surface area contributed by atoms with Gasteiger partial charge < -0.3 is 4.57 Å². The second kappa shape index (κ2) is 9.40. The second-order valence-corrected chi connectivity index (χ2v) is 9.75. The molecule has 0 unspecified atom stereocenters. The highest BCUT2D eigenvalue weighted by Gasteiger charge is 2.20. The van der Waals surface area contributed by atoms with Crippen LogP contribution < -0.4 is 0 Å². The molecule has 0 atom stereocenters. The third-order valence-electron chi connectivity index (χ3n) is 6.41. The molecule has 5 rings (SSSR count). The number of allylic oxidation sites excluding steroid dienone is 5. The fraction of sp³-hybridized carbons (Fsp3) is 0.0303. The van der Waals surface area contributed by atoms with Gasteiger partial charge in [-0.25, -0.2) is 0 Å². The summed E-state index contributed by atoms with van der Waals surface area (Å²) >= 11 is 3.59. The highest BCUT2D eigenvalue weighted by molar-refractivity contribution is 9.11. The van der Waals surface area contributed by atoms with Gasteiger partial charge in [-0.15, -0.1) is 0 Å². The van der Waals surface area contributed by atoms with E-state index < -0.39 is 0 Å². The van der Waals surface area contributed by atoms with Crippen LogP contribution in [0.25, 0.3) is 56.0 Å². The number of rotatable bonds is 6. The first-order chi connectivity index (χ1) is 17.1. The number of halogens is 1. The topological polar surface area (TPSA) is 4.93 Å². The fourth-order valence-electron chi connectivity index (χ4n) is 5.05. The van der Waals surface area contributed by atoms with E-state index in [4.69, 9.17) is 0 Å². The highest BCUT2D eigenvalue weighted by atomic mass is 79.9. The van der Waals surface area contributed by atoms with Gasteiger partial charge in [0.25, 0.3) is 0 Å². The molecule has 35 heavy (non-hydrogen) atoms.